The number of aromatic nitrogens is 3. The Kier molecular flexibility index (Phi) is 5.37. The number of nitrogens with zero attached hydrogens (tertiary/aromatic N) is 2. The lowest BCUT2D eigenvalue weighted by Gasteiger charge is -2.19. The number of hydrogen-bond donors (Lipinski definition) is 2. The van der Waals surface area contributed by atoms with E-state index in [-0.39, 0.29) is 24.3 Å². The molecule has 3 rings (SSSR count). The maximum atomic E-state index is 12.5. The highest BCUT2D eigenvalue weighted by Gasteiger charge is 2.21. The fourth-order valence-electron chi connectivity index (χ4n) is 3.33. The molecule has 0 saturated heterocycles. The molecule has 0 spiro atoms. The van der Waals surface area contributed by atoms with E-state index in [2.05, 4.69) is 31.0 Å². The summed E-state index contributed by atoms with van der Waals surface area (Å²) in [6, 6.07) is 9.49. The lowest BCUT2D eigenvalue weighted by Crippen LogP contribution is -2.28. The number of methoxy groups -OCH3 is 1. The Bertz CT molecular complexity index is 1000. The maximum absolute atomic E-state index is 12.5. The number of rotatable bonds is 6. The molecule has 0 fully saturated rings. The predicted octanol–water partition coefficient (Wildman–Crippen LogP) is 3.71. The number of H-pyrrole nitrogens is 1. The third-order valence-corrected chi connectivity index (χ3v) is 5.02. The van der Waals surface area contributed by atoms with Crippen LogP contribution in [0.25, 0.3) is 22.4 Å². The molecule has 0 radical (unpaired) electrons. The van der Waals surface area contributed by atoms with E-state index in [0.29, 0.717) is 17.1 Å². The van der Waals surface area contributed by atoms with Crippen molar-refractivity contribution in [1.29, 1.82) is 0 Å². The molecule has 0 saturated carbocycles. The Balaban J connectivity index is 2.23. The quantitative estimate of drug-likeness (QED) is 0.694. The van der Waals surface area contributed by atoms with Crippen LogP contribution in [0.1, 0.15) is 45.2 Å². The standard InChI is InChI=1S/C21H27N3O3/c1-12(2)14-6-9-19(27-5)15(10-14)16-7-8-17-20(22-16)24(21(26)23-17)18(11-25)13(3)4/h6-10,12-13,18,25H,11H2,1-5H3,(H,23,26). The van der Waals surface area contributed by atoms with E-state index in [4.69, 9.17) is 9.72 Å². The predicted molar refractivity (Wildman–Crippen MR) is 107 cm³/mol. The van der Waals surface area contributed by atoms with Crippen molar-refractivity contribution in [3.8, 4) is 17.0 Å². The Hall–Kier alpha value is -2.60. The van der Waals surface area contributed by atoms with E-state index in [1.54, 1.807) is 11.7 Å². The molecule has 1 unspecified atom stereocenters. The van der Waals surface area contributed by atoms with Gasteiger partial charge in [0.2, 0.25) is 0 Å². The zero-order valence-electron chi connectivity index (χ0n) is 16.5. The molecule has 2 heterocycles. The number of nitrogens with one attached hydrogen (secondary N) is 1. The molecule has 0 amide bonds. The third kappa shape index (κ3) is 3.49. The number of hydrogen-bond acceptors (Lipinski definition) is 4. The molecule has 6 heteroatoms. The highest BCUT2D eigenvalue weighted by Crippen LogP contribution is 2.33. The molecule has 0 bridgehead atoms. The van der Waals surface area contributed by atoms with Gasteiger partial charge in [-0.2, -0.15) is 0 Å². The van der Waals surface area contributed by atoms with Crippen molar-refractivity contribution in [2.24, 2.45) is 5.92 Å². The zero-order valence-corrected chi connectivity index (χ0v) is 16.5. The molecular formula is C21H27N3O3. The van der Waals surface area contributed by atoms with E-state index >= 15 is 0 Å². The van der Waals surface area contributed by atoms with Crippen LogP contribution in [0, 0.1) is 5.92 Å². The van der Waals surface area contributed by atoms with Gasteiger partial charge in [-0.1, -0.05) is 33.8 Å². The van der Waals surface area contributed by atoms with Crippen LogP contribution in [0.3, 0.4) is 0 Å². The van der Waals surface area contributed by atoms with Gasteiger partial charge < -0.3 is 14.8 Å². The summed E-state index contributed by atoms with van der Waals surface area (Å²) in [6.07, 6.45) is 0. The summed E-state index contributed by atoms with van der Waals surface area (Å²) >= 11 is 0. The molecular weight excluding hydrogens is 342 g/mol. The second-order valence-electron chi connectivity index (χ2n) is 7.48. The first-order chi connectivity index (χ1) is 12.9. The van der Waals surface area contributed by atoms with Gasteiger partial charge in [-0.25, -0.2) is 9.78 Å². The molecule has 1 aromatic carbocycles. The highest BCUT2D eigenvalue weighted by molar-refractivity contribution is 5.78. The van der Waals surface area contributed by atoms with Crippen LogP contribution < -0.4 is 10.4 Å². The lowest BCUT2D eigenvalue weighted by molar-refractivity contribution is 0.193. The number of aliphatic hydroxyl groups is 1. The summed E-state index contributed by atoms with van der Waals surface area (Å²) in [5.41, 5.74) is 3.75. The summed E-state index contributed by atoms with van der Waals surface area (Å²) < 4.78 is 7.09. The minimum atomic E-state index is -0.335. The van der Waals surface area contributed by atoms with Gasteiger partial charge in [0.1, 0.15) is 5.75 Å². The Labute approximate surface area is 158 Å². The molecule has 0 aliphatic carbocycles. The first-order valence-corrected chi connectivity index (χ1v) is 9.27. The van der Waals surface area contributed by atoms with Gasteiger partial charge in [0, 0.05) is 5.56 Å². The van der Waals surface area contributed by atoms with E-state index in [0.717, 1.165) is 17.0 Å². The van der Waals surface area contributed by atoms with Crippen molar-refractivity contribution >= 4 is 11.2 Å². The molecule has 27 heavy (non-hydrogen) atoms. The summed E-state index contributed by atoms with van der Waals surface area (Å²) in [6.45, 7) is 8.11. The Morgan fingerprint density at radius 3 is 2.52 bits per heavy atom. The van der Waals surface area contributed by atoms with Gasteiger partial charge in [0.15, 0.2) is 5.65 Å². The van der Waals surface area contributed by atoms with Crippen molar-refractivity contribution < 1.29 is 9.84 Å². The third-order valence-electron chi connectivity index (χ3n) is 5.02. The van der Waals surface area contributed by atoms with Gasteiger partial charge in [-0.3, -0.25) is 4.57 Å². The molecule has 2 aromatic heterocycles. The number of benzene rings is 1. The summed E-state index contributed by atoms with van der Waals surface area (Å²) in [4.78, 5) is 20.1. The fraction of sp³-hybridized carbons (Fsp3) is 0.429. The Morgan fingerprint density at radius 2 is 1.93 bits per heavy atom. The molecule has 144 valence electrons. The summed E-state index contributed by atoms with van der Waals surface area (Å²) in [7, 11) is 1.64. The molecule has 0 aliphatic rings. The lowest BCUT2D eigenvalue weighted by atomic mass is 9.98. The van der Waals surface area contributed by atoms with Gasteiger partial charge >= 0.3 is 5.69 Å². The van der Waals surface area contributed by atoms with E-state index in [9.17, 15) is 9.90 Å². The number of aliphatic hydroxyl groups excluding tert-OH is 1. The summed E-state index contributed by atoms with van der Waals surface area (Å²) in [5.74, 6) is 1.21. The zero-order chi connectivity index (χ0) is 19.7. The van der Waals surface area contributed by atoms with Crippen molar-refractivity contribution in [3.63, 3.8) is 0 Å². The minimum absolute atomic E-state index is 0.0935. The average Bonchev–Trinajstić information content (AvgIpc) is 2.96. The normalized spacial score (nSPS) is 12.9. The number of imidazole rings is 1. The number of aromatic amines is 1. The van der Waals surface area contributed by atoms with Gasteiger partial charge in [0.05, 0.1) is 31.0 Å². The second kappa shape index (κ2) is 7.56. The number of fused-ring (bicyclic) bond motifs is 1. The Morgan fingerprint density at radius 1 is 1.19 bits per heavy atom. The minimum Gasteiger partial charge on any atom is -0.496 e. The first-order valence-electron chi connectivity index (χ1n) is 9.27. The topological polar surface area (TPSA) is 80.1 Å². The van der Waals surface area contributed by atoms with Gasteiger partial charge in [-0.15, -0.1) is 0 Å². The monoisotopic (exact) mass is 369 g/mol. The number of ether oxygens (including phenoxy) is 1. The SMILES string of the molecule is COc1ccc(C(C)C)cc1-c1ccc2[nH]c(=O)n(C(CO)C(C)C)c2n1. The van der Waals surface area contributed by atoms with Crippen LogP contribution in [-0.2, 0) is 0 Å². The van der Waals surface area contributed by atoms with Crippen LogP contribution in [-0.4, -0.2) is 33.4 Å². The van der Waals surface area contributed by atoms with Gasteiger partial charge in [0.25, 0.3) is 0 Å². The maximum Gasteiger partial charge on any atom is 0.328 e. The van der Waals surface area contributed by atoms with Crippen molar-refractivity contribution in [3.05, 3.63) is 46.4 Å². The molecule has 1 atom stereocenters. The van der Waals surface area contributed by atoms with Crippen molar-refractivity contribution in [1.82, 2.24) is 14.5 Å². The van der Waals surface area contributed by atoms with Crippen LogP contribution >= 0.6 is 0 Å². The van der Waals surface area contributed by atoms with Crippen molar-refractivity contribution in [2.45, 2.75) is 39.7 Å². The van der Waals surface area contributed by atoms with Crippen LogP contribution in [0.2, 0.25) is 0 Å². The van der Waals surface area contributed by atoms with Crippen LogP contribution in [0.15, 0.2) is 35.1 Å². The number of pyridine rings is 1. The highest BCUT2D eigenvalue weighted by atomic mass is 16.5. The fourth-order valence-corrected chi connectivity index (χ4v) is 3.33. The smallest absolute Gasteiger partial charge is 0.328 e. The largest absolute Gasteiger partial charge is 0.496 e. The first kappa shape index (κ1) is 19.2. The molecule has 0 aliphatic heterocycles. The van der Waals surface area contributed by atoms with E-state index in [1.807, 2.05) is 32.0 Å². The molecule has 2 N–H and O–H groups in total. The van der Waals surface area contributed by atoms with Gasteiger partial charge in [-0.05, 0) is 41.7 Å². The second-order valence-corrected chi connectivity index (χ2v) is 7.48. The molecule has 6 nitrogen and oxygen atoms in total. The summed E-state index contributed by atoms with van der Waals surface area (Å²) in [5, 5.41) is 9.80. The molecule has 3 aromatic rings. The van der Waals surface area contributed by atoms with Crippen molar-refractivity contribution in [2.75, 3.05) is 13.7 Å². The van der Waals surface area contributed by atoms with E-state index < -0.39 is 0 Å². The van der Waals surface area contributed by atoms with Crippen LogP contribution in [0.5, 0.6) is 5.75 Å². The van der Waals surface area contributed by atoms with E-state index in [1.165, 1.54) is 5.56 Å². The van der Waals surface area contributed by atoms with Crippen LogP contribution in [0.4, 0.5) is 0 Å². The average molecular weight is 369 g/mol.